The molecule has 1 N–H and O–H groups in total. The molecule has 1 aliphatic heterocycles. The second-order valence-electron chi connectivity index (χ2n) is 6.51. The van der Waals surface area contributed by atoms with Crippen molar-refractivity contribution < 1.29 is 4.79 Å². The van der Waals surface area contributed by atoms with Crippen LogP contribution in [0, 0.1) is 6.92 Å². The van der Waals surface area contributed by atoms with Crippen LogP contribution in [0.15, 0.2) is 76.9 Å². The maximum atomic E-state index is 12.2. The minimum Gasteiger partial charge on any atom is -0.303 e. The maximum absolute atomic E-state index is 12.2. The van der Waals surface area contributed by atoms with Gasteiger partial charge in [-0.2, -0.15) is 5.10 Å². The van der Waals surface area contributed by atoms with E-state index in [-0.39, 0.29) is 11.2 Å². The molecule has 0 aliphatic carbocycles. The third-order valence-corrected chi connectivity index (χ3v) is 5.52. The van der Waals surface area contributed by atoms with Crippen molar-refractivity contribution in [3.05, 3.63) is 83.4 Å². The van der Waals surface area contributed by atoms with Gasteiger partial charge in [0.25, 0.3) is 0 Å². The lowest BCUT2D eigenvalue weighted by atomic mass is 10.1. The smallest absolute Gasteiger partial charge is 0.239 e. The molecule has 1 fully saturated rings. The lowest BCUT2D eigenvalue weighted by Gasteiger charge is -2.05. The van der Waals surface area contributed by atoms with Crippen molar-refractivity contribution in [2.24, 2.45) is 10.2 Å². The predicted octanol–water partition coefficient (Wildman–Crippen LogP) is 4.31. The Morgan fingerprint density at radius 3 is 2.78 bits per heavy atom. The van der Waals surface area contributed by atoms with E-state index in [9.17, 15) is 4.79 Å². The molecule has 0 radical (unpaired) electrons. The predicted molar refractivity (Wildman–Crippen MR) is 113 cm³/mol. The number of thioether (sulfide) groups is 1. The van der Waals surface area contributed by atoms with Gasteiger partial charge < -0.3 is 5.32 Å². The Balaban J connectivity index is 1.47. The van der Waals surface area contributed by atoms with Crippen LogP contribution < -0.4 is 5.32 Å². The first kappa shape index (κ1) is 17.5. The zero-order valence-electron chi connectivity index (χ0n) is 14.9. The van der Waals surface area contributed by atoms with E-state index in [1.165, 1.54) is 17.3 Å². The van der Waals surface area contributed by atoms with Crippen LogP contribution >= 0.6 is 11.8 Å². The highest BCUT2D eigenvalue weighted by atomic mass is 32.2. The molecule has 4 nitrogen and oxygen atoms in total. The normalized spacial score (nSPS) is 18.5. The van der Waals surface area contributed by atoms with Crippen molar-refractivity contribution in [1.29, 1.82) is 0 Å². The van der Waals surface area contributed by atoms with Crippen molar-refractivity contribution >= 4 is 39.8 Å². The zero-order chi connectivity index (χ0) is 18.6. The highest BCUT2D eigenvalue weighted by Gasteiger charge is 2.30. The van der Waals surface area contributed by atoms with Gasteiger partial charge in [-0.25, -0.2) is 0 Å². The summed E-state index contributed by atoms with van der Waals surface area (Å²) in [4.78, 5) is 12.2. The number of rotatable bonds is 4. The maximum Gasteiger partial charge on any atom is 0.239 e. The van der Waals surface area contributed by atoms with Gasteiger partial charge in [-0.1, -0.05) is 84.1 Å². The second kappa shape index (κ2) is 7.76. The van der Waals surface area contributed by atoms with E-state index < -0.39 is 0 Å². The molecule has 1 unspecified atom stereocenters. The molecule has 134 valence electrons. The molecular formula is C22H19N3OS. The SMILES string of the molecule is Cc1cccc(CC2S/C(=N\N=C\c3cccc4ccccc34)NC2=O)c1. The van der Waals surface area contributed by atoms with Crippen LogP contribution in [0.5, 0.6) is 0 Å². The minimum absolute atomic E-state index is 0.0133. The fourth-order valence-corrected chi connectivity index (χ4v) is 4.11. The van der Waals surface area contributed by atoms with Crippen LogP contribution in [0.4, 0.5) is 0 Å². The van der Waals surface area contributed by atoms with Gasteiger partial charge in [0, 0.05) is 5.56 Å². The third kappa shape index (κ3) is 4.09. The Morgan fingerprint density at radius 1 is 1.07 bits per heavy atom. The Bertz CT molecular complexity index is 1050. The van der Waals surface area contributed by atoms with Crippen LogP contribution in [-0.4, -0.2) is 22.5 Å². The van der Waals surface area contributed by atoms with Crippen LogP contribution in [-0.2, 0) is 11.2 Å². The van der Waals surface area contributed by atoms with Crippen molar-refractivity contribution in [3.8, 4) is 0 Å². The molecule has 27 heavy (non-hydrogen) atoms. The Kier molecular flexibility index (Phi) is 5.03. The molecule has 0 bridgehead atoms. The van der Waals surface area contributed by atoms with E-state index in [2.05, 4.69) is 58.8 Å². The van der Waals surface area contributed by atoms with Gasteiger partial charge in [-0.05, 0) is 29.7 Å². The fourth-order valence-electron chi connectivity index (χ4n) is 3.15. The molecule has 4 rings (SSSR count). The summed E-state index contributed by atoms with van der Waals surface area (Å²) in [5.41, 5.74) is 3.36. The Hall–Kier alpha value is -2.92. The van der Waals surface area contributed by atoms with Gasteiger partial charge in [-0.15, -0.1) is 5.10 Å². The Morgan fingerprint density at radius 2 is 1.89 bits per heavy atom. The van der Waals surface area contributed by atoms with E-state index in [1.54, 1.807) is 6.21 Å². The van der Waals surface area contributed by atoms with E-state index >= 15 is 0 Å². The van der Waals surface area contributed by atoms with Crippen molar-refractivity contribution in [1.82, 2.24) is 5.32 Å². The molecule has 3 aromatic rings. The minimum atomic E-state index is -0.168. The number of amides is 1. The number of fused-ring (bicyclic) bond motifs is 1. The summed E-state index contributed by atoms with van der Waals surface area (Å²) in [6.07, 6.45) is 2.42. The number of carbonyl (C=O) groups excluding carboxylic acids is 1. The first-order chi connectivity index (χ1) is 13.2. The number of hydrogen-bond acceptors (Lipinski definition) is 4. The average Bonchev–Trinajstić information content (AvgIpc) is 3.01. The average molecular weight is 373 g/mol. The molecule has 1 atom stereocenters. The highest BCUT2D eigenvalue weighted by molar-refractivity contribution is 8.15. The molecule has 0 aromatic heterocycles. The number of nitrogens with one attached hydrogen (secondary N) is 1. The summed E-state index contributed by atoms with van der Waals surface area (Å²) < 4.78 is 0. The summed E-state index contributed by atoms with van der Waals surface area (Å²) in [5.74, 6) is -0.0133. The monoisotopic (exact) mass is 373 g/mol. The molecule has 1 amide bonds. The standard InChI is InChI=1S/C22H19N3OS/c1-15-6-4-7-16(12-15)13-20-21(26)24-22(27-20)25-23-14-18-10-5-9-17-8-2-3-11-19(17)18/h2-12,14,20H,13H2,1H3,(H,24,25,26)/b23-14+. The molecular weight excluding hydrogens is 354 g/mol. The van der Waals surface area contributed by atoms with Gasteiger partial charge in [0.2, 0.25) is 5.91 Å². The van der Waals surface area contributed by atoms with Gasteiger partial charge in [0.15, 0.2) is 5.17 Å². The number of carbonyl (C=O) groups is 1. The molecule has 1 heterocycles. The molecule has 0 spiro atoms. The van der Waals surface area contributed by atoms with Crippen molar-refractivity contribution in [2.75, 3.05) is 0 Å². The number of aryl methyl sites for hydroxylation is 1. The Labute approximate surface area is 162 Å². The van der Waals surface area contributed by atoms with E-state index in [4.69, 9.17) is 0 Å². The fraction of sp³-hybridized carbons (Fsp3) is 0.136. The number of nitrogens with zero attached hydrogens (tertiary/aromatic N) is 2. The molecule has 0 saturated carbocycles. The van der Waals surface area contributed by atoms with Crippen LogP contribution in [0.3, 0.4) is 0 Å². The van der Waals surface area contributed by atoms with Crippen LogP contribution in [0.1, 0.15) is 16.7 Å². The topological polar surface area (TPSA) is 53.8 Å². The van der Waals surface area contributed by atoms with Crippen LogP contribution in [0.25, 0.3) is 10.8 Å². The summed E-state index contributed by atoms with van der Waals surface area (Å²) in [5, 5.41) is 13.9. The largest absolute Gasteiger partial charge is 0.303 e. The molecule has 5 heteroatoms. The summed E-state index contributed by atoms with van der Waals surface area (Å²) in [6.45, 7) is 2.06. The lowest BCUT2D eigenvalue weighted by Crippen LogP contribution is -2.25. The number of amidine groups is 1. The summed E-state index contributed by atoms with van der Waals surface area (Å²) in [7, 11) is 0. The van der Waals surface area contributed by atoms with E-state index in [1.807, 2.05) is 30.3 Å². The van der Waals surface area contributed by atoms with Gasteiger partial charge in [0.1, 0.15) is 0 Å². The van der Waals surface area contributed by atoms with Crippen molar-refractivity contribution in [2.45, 2.75) is 18.6 Å². The van der Waals surface area contributed by atoms with Gasteiger partial charge >= 0.3 is 0 Å². The number of benzene rings is 3. The summed E-state index contributed by atoms with van der Waals surface area (Å²) >= 11 is 1.43. The van der Waals surface area contributed by atoms with E-state index in [0.29, 0.717) is 11.6 Å². The first-order valence-electron chi connectivity index (χ1n) is 8.81. The van der Waals surface area contributed by atoms with E-state index in [0.717, 1.165) is 21.9 Å². The lowest BCUT2D eigenvalue weighted by molar-refractivity contribution is -0.118. The molecule has 3 aromatic carbocycles. The van der Waals surface area contributed by atoms with Gasteiger partial charge in [0.05, 0.1) is 11.5 Å². The third-order valence-electron chi connectivity index (χ3n) is 4.45. The molecule has 1 aliphatic rings. The van der Waals surface area contributed by atoms with Crippen LogP contribution in [0.2, 0.25) is 0 Å². The van der Waals surface area contributed by atoms with Gasteiger partial charge in [-0.3, -0.25) is 4.79 Å². The first-order valence-corrected chi connectivity index (χ1v) is 9.69. The second-order valence-corrected chi connectivity index (χ2v) is 7.70. The number of hydrogen-bond donors (Lipinski definition) is 1. The summed E-state index contributed by atoms with van der Waals surface area (Å²) in [6, 6.07) is 22.5. The quantitative estimate of drug-likeness (QED) is 0.547. The highest BCUT2D eigenvalue weighted by Crippen LogP contribution is 2.24. The zero-order valence-corrected chi connectivity index (χ0v) is 15.7. The molecule has 1 saturated heterocycles. The van der Waals surface area contributed by atoms with Crippen molar-refractivity contribution in [3.63, 3.8) is 0 Å².